The van der Waals surface area contributed by atoms with Crippen LogP contribution in [0, 0.1) is 11.7 Å². The number of halogens is 1. The van der Waals surface area contributed by atoms with Gasteiger partial charge in [0.15, 0.2) is 0 Å². The zero-order valence-corrected chi connectivity index (χ0v) is 23.2. The second-order valence-corrected chi connectivity index (χ2v) is 10.9. The van der Waals surface area contributed by atoms with Crippen molar-refractivity contribution in [1.82, 2.24) is 30.5 Å². The lowest BCUT2D eigenvalue weighted by atomic mass is 10.0. The number of nitrogens with two attached hydrogens (primary N) is 1. The molecule has 4 heterocycles. The normalized spacial score (nSPS) is 14.9. The van der Waals surface area contributed by atoms with Gasteiger partial charge in [-0.1, -0.05) is 25.5 Å². The van der Waals surface area contributed by atoms with Crippen molar-refractivity contribution in [3.8, 4) is 22.5 Å². The molecule has 5 aromatic rings. The maximum atomic E-state index is 14.1. The standard InChI is InChI=1S/C33H34FN7/c1-20(25-9-23(16-37-17-25)15-36-14-22-5-3-4-6-22)7-8-30-21(2)33(41-40-30)31-13-28-29(18-38-19-32(28)39-31)24-10-26(34)12-27(35)11-24/h7-13,16-19,22,36,39-40H,2-6,14-15,35H2,1H3/b20-7+,30-8+. The van der Waals surface area contributed by atoms with E-state index >= 15 is 0 Å². The van der Waals surface area contributed by atoms with Crippen molar-refractivity contribution >= 4 is 34.8 Å². The molecule has 6 rings (SSSR count). The minimum atomic E-state index is -0.387. The minimum Gasteiger partial charge on any atom is -0.399 e. The molecule has 208 valence electrons. The number of aromatic nitrogens is 5. The van der Waals surface area contributed by atoms with Crippen LogP contribution in [0.1, 0.15) is 43.7 Å². The van der Waals surface area contributed by atoms with Crippen LogP contribution in [-0.2, 0) is 6.54 Å². The van der Waals surface area contributed by atoms with Gasteiger partial charge >= 0.3 is 0 Å². The highest BCUT2D eigenvalue weighted by Gasteiger charge is 2.15. The number of rotatable bonds is 8. The van der Waals surface area contributed by atoms with E-state index in [1.807, 2.05) is 24.5 Å². The van der Waals surface area contributed by atoms with Crippen LogP contribution in [0.2, 0.25) is 0 Å². The fourth-order valence-corrected chi connectivity index (χ4v) is 5.66. The summed E-state index contributed by atoms with van der Waals surface area (Å²) in [5.41, 5.74) is 13.4. The Morgan fingerprint density at radius 2 is 1.93 bits per heavy atom. The molecule has 1 fully saturated rings. The Morgan fingerprint density at radius 1 is 1.10 bits per heavy atom. The lowest BCUT2D eigenvalue weighted by Gasteiger charge is -2.11. The van der Waals surface area contributed by atoms with Crippen molar-refractivity contribution in [2.75, 3.05) is 12.3 Å². The average Bonchev–Trinajstić information content (AvgIpc) is 3.71. The number of hydrogen-bond acceptors (Lipinski definition) is 5. The highest BCUT2D eigenvalue weighted by Crippen LogP contribution is 2.31. The first-order chi connectivity index (χ1) is 19.9. The Labute approximate surface area is 238 Å². The third-order valence-electron chi connectivity index (χ3n) is 7.92. The van der Waals surface area contributed by atoms with Gasteiger partial charge in [0.2, 0.25) is 0 Å². The Kier molecular flexibility index (Phi) is 7.48. The second kappa shape index (κ2) is 11.5. The van der Waals surface area contributed by atoms with Crippen LogP contribution in [0.3, 0.4) is 0 Å². The van der Waals surface area contributed by atoms with Gasteiger partial charge < -0.3 is 16.0 Å². The van der Waals surface area contributed by atoms with E-state index in [9.17, 15) is 4.39 Å². The van der Waals surface area contributed by atoms with Gasteiger partial charge in [-0.15, -0.1) is 0 Å². The number of hydrogen-bond donors (Lipinski definition) is 4. The molecule has 0 atom stereocenters. The van der Waals surface area contributed by atoms with Crippen LogP contribution in [0.4, 0.5) is 10.1 Å². The number of nitrogens with one attached hydrogen (secondary N) is 3. The van der Waals surface area contributed by atoms with Crippen molar-refractivity contribution in [3.05, 3.63) is 88.7 Å². The van der Waals surface area contributed by atoms with Crippen LogP contribution in [-0.4, -0.2) is 31.7 Å². The summed E-state index contributed by atoms with van der Waals surface area (Å²) in [7, 11) is 0. The Bertz CT molecular complexity index is 1820. The quantitative estimate of drug-likeness (QED) is 0.197. The Balaban J connectivity index is 1.23. The third kappa shape index (κ3) is 5.83. The lowest BCUT2D eigenvalue weighted by molar-refractivity contribution is 0.489. The summed E-state index contributed by atoms with van der Waals surface area (Å²) in [5, 5.41) is 13.7. The maximum absolute atomic E-state index is 14.1. The molecule has 8 heteroatoms. The molecule has 1 aliphatic rings. The van der Waals surface area contributed by atoms with Crippen molar-refractivity contribution in [3.63, 3.8) is 0 Å². The van der Waals surface area contributed by atoms with Gasteiger partial charge in [-0.05, 0) is 90.9 Å². The van der Waals surface area contributed by atoms with Crippen LogP contribution in [0.5, 0.6) is 0 Å². The first-order valence-electron chi connectivity index (χ1n) is 14.0. The van der Waals surface area contributed by atoms with Gasteiger partial charge in [-0.3, -0.25) is 15.1 Å². The molecular formula is C33H34FN7. The maximum Gasteiger partial charge on any atom is 0.125 e. The van der Waals surface area contributed by atoms with Gasteiger partial charge in [0, 0.05) is 47.0 Å². The summed E-state index contributed by atoms with van der Waals surface area (Å²) in [6.45, 7) is 8.27. The van der Waals surface area contributed by atoms with Gasteiger partial charge in [0.25, 0.3) is 0 Å². The number of allylic oxidation sites excluding steroid dienone is 2. The predicted molar refractivity (Wildman–Crippen MR) is 164 cm³/mol. The molecule has 0 aliphatic heterocycles. The average molecular weight is 548 g/mol. The largest absolute Gasteiger partial charge is 0.399 e. The molecule has 0 unspecified atom stereocenters. The number of nitrogens with zero attached hydrogens (tertiary/aromatic N) is 3. The van der Waals surface area contributed by atoms with E-state index in [0.29, 0.717) is 16.9 Å². The molecule has 1 aliphatic carbocycles. The SMILES string of the molecule is C=c1c(-c2cc3c(-c4cc(N)cc(F)c4)cncc3[nH]2)n[nH]/c1=C/C=C(\C)c1cncc(CNCC2CCCC2)c1. The highest BCUT2D eigenvalue weighted by atomic mass is 19.1. The molecule has 0 saturated heterocycles. The Morgan fingerprint density at radius 3 is 2.76 bits per heavy atom. The molecule has 0 spiro atoms. The fraction of sp³-hybridized carbons (Fsp3) is 0.242. The zero-order chi connectivity index (χ0) is 28.3. The van der Waals surface area contributed by atoms with E-state index in [-0.39, 0.29) is 5.82 Å². The highest BCUT2D eigenvalue weighted by molar-refractivity contribution is 5.97. The number of benzene rings is 1. The predicted octanol–water partition coefficient (Wildman–Crippen LogP) is 5.31. The molecular weight excluding hydrogens is 513 g/mol. The number of nitrogen functional groups attached to an aromatic ring is 1. The molecule has 1 saturated carbocycles. The van der Waals surface area contributed by atoms with Crippen molar-refractivity contribution in [2.24, 2.45) is 5.92 Å². The van der Waals surface area contributed by atoms with Gasteiger partial charge in [0.05, 0.1) is 22.8 Å². The van der Waals surface area contributed by atoms with E-state index < -0.39 is 0 Å². The summed E-state index contributed by atoms with van der Waals surface area (Å²) in [4.78, 5) is 12.2. The van der Waals surface area contributed by atoms with Crippen LogP contribution in [0.25, 0.3) is 51.6 Å². The summed E-state index contributed by atoms with van der Waals surface area (Å²) in [6, 6.07) is 8.68. The second-order valence-electron chi connectivity index (χ2n) is 10.9. The fourth-order valence-electron chi connectivity index (χ4n) is 5.66. The van der Waals surface area contributed by atoms with Crippen LogP contribution < -0.4 is 21.6 Å². The number of anilines is 1. The van der Waals surface area contributed by atoms with Crippen molar-refractivity contribution in [2.45, 2.75) is 39.2 Å². The third-order valence-corrected chi connectivity index (χ3v) is 7.92. The molecule has 0 bridgehead atoms. The van der Waals surface area contributed by atoms with Gasteiger partial charge in [-0.25, -0.2) is 4.39 Å². The zero-order valence-electron chi connectivity index (χ0n) is 23.2. The molecule has 4 aromatic heterocycles. The topological polar surface area (TPSA) is 108 Å². The van der Waals surface area contributed by atoms with E-state index in [0.717, 1.165) is 62.9 Å². The van der Waals surface area contributed by atoms with Gasteiger partial charge in [-0.2, -0.15) is 5.10 Å². The molecule has 0 radical (unpaired) electrons. The monoisotopic (exact) mass is 547 g/mol. The van der Waals surface area contributed by atoms with E-state index in [4.69, 9.17) is 5.73 Å². The lowest BCUT2D eigenvalue weighted by Crippen LogP contribution is -2.21. The molecule has 1 aromatic carbocycles. The van der Waals surface area contributed by atoms with E-state index in [1.165, 1.54) is 43.4 Å². The minimum absolute atomic E-state index is 0.363. The van der Waals surface area contributed by atoms with E-state index in [2.05, 4.69) is 56.1 Å². The molecule has 7 nitrogen and oxygen atoms in total. The first-order valence-corrected chi connectivity index (χ1v) is 14.0. The summed E-state index contributed by atoms with van der Waals surface area (Å²) < 4.78 is 14.1. The first kappa shape index (κ1) is 26.7. The van der Waals surface area contributed by atoms with E-state index in [1.54, 1.807) is 18.5 Å². The number of pyridine rings is 2. The molecule has 0 amide bonds. The van der Waals surface area contributed by atoms with Gasteiger partial charge in [0.1, 0.15) is 11.5 Å². The summed E-state index contributed by atoms with van der Waals surface area (Å²) >= 11 is 0. The Hall–Kier alpha value is -4.56. The number of aromatic amines is 2. The smallest absolute Gasteiger partial charge is 0.125 e. The molecule has 5 N–H and O–H groups in total. The summed E-state index contributed by atoms with van der Waals surface area (Å²) in [6.07, 6.45) is 16.7. The van der Waals surface area contributed by atoms with Crippen LogP contribution >= 0.6 is 0 Å². The number of fused-ring (bicyclic) bond motifs is 1. The number of H-pyrrole nitrogens is 2. The van der Waals surface area contributed by atoms with Crippen molar-refractivity contribution in [1.29, 1.82) is 0 Å². The van der Waals surface area contributed by atoms with Crippen LogP contribution in [0.15, 0.2) is 61.2 Å². The summed E-state index contributed by atoms with van der Waals surface area (Å²) in [5.74, 6) is 0.427. The van der Waals surface area contributed by atoms with Crippen molar-refractivity contribution < 1.29 is 4.39 Å². The molecule has 41 heavy (non-hydrogen) atoms.